The first-order chi connectivity index (χ1) is 10.6. The van der Waals surface area contributed by atoms with Crippen LogP contribution in [0.4, 0.5) is 0 Å². The average molecular weight is 341 g/mol. The van der Waals surface area contributed by atoms with E-state index in [0.717, 1.165) is 11.4 Å². The maximum atomic E-state index is 9.86. The van der Waals surface area contributed by atoms with Gasteiger partial charge in [-0.2, -0.15) is 0 Å². The summed E-state index contributed by atoms with van der Waals surface area (Å²) < 4.78 is 13.4. The number of hydrogen-bond acceptors (Lipinski definition) is 4. The molecule has 7 heteroatoms. The molecule has 0 radical (unpaired) electrons. The second-order valence-corrected chi connectivity index (χ2v) is 6.33. The number of ether oxygens (including phenoxy) is 2. The minimum Gasteiger partial charge on any atom is -0.388 e. The van der Waals surface area contributed by atoms with Gasteiger partial charge in [-0.15, -0.1) is 0 Å². The van der Waals surface area contributed by atoms with Gasteiger partial charge in [0.15, 0.2) is 0 Å². The number of nitrogens with zero attached hydrogens (tertiary/aromatic N) is 2. The van der Waals surface area contributed by atoms with Crippen molar-refractivity contribution < 1.29 is 14.6 Å². The molecule has 0 bridgehead atoms. The number of imidazole rings is 1. The van der Waals surface area contributed by atoms with Crippen molar-refractivity contribution in [3.05, 3.63) is 40.6 Å². The Labute approximate surface area is 137 Å². The Morgan fingerprint density at radius 3 is 2.77 bits per heavy atom. The molecule has 4 rings (SSSR count). The van der Waals surface area contributed by atoms with Crippen LogP contribution in [0.2, 0.25) is 10.0 Å². The van der Waals surface area contributed by atoms with E-state index in [0.29, 0.717) is 23.3 Å². The van der Waals surface area contributed by atoms with Gasteiger partial charge in [-0.05, 0) is 18.2 Å². The van der Waals surface area contributed by atoms with Crippen LogP contribution in [-0.2, 0) is 9.47 Å². The zero-order valence-electron chi connectivity index (χ0n) is 11.5. The number of aliphatic hydroxyl groups excluding tert-OH is 1. The SMILES string of the molecule is O[C@@H]1CO[C@H]2[C@@H]1OC[C@@H]2n1ccnc1-c1ccc(Cl)c(Cl)c1. The van der Waals surface area contributed by atoms with Crippen molar-refractivity contribution in [1.82, 2.24) is 9.55 Å². The van der Waals surface area contributed by atoms with Gasteiger partial charge in [0.05, 0.1) is 29.3 Å². The molecular weight excluding hydrogens is 327 g/mol. The maximum Gasteiger partial charge on any atom is 0.140 e. The van der Waals surface area contributed by atoms with Crippen LogP contribution in [0.15, 0.2) is 30.6 Å². The summed E-state index contributed by atoms with van der Waals surface area (Å²) in [5, 5.41) is 10.9. The van der Waals surface area contributed by atoms with Crippen molar-refractivity contribution in [3.8, 4) is 11.4 Å². The molecule has 2 aliphatic heterocycles. The molecule has 0 spiro atoms. The van der Waals surface area contributed by atoms with Gasteiger partial charge in [0.25, 0.3) is 0 Å². The van der Waals surface area contributed by atoms with Crippen molar-refractivity contribution in [1.29, 1.82) is 0 Å². The van der Waals surface area contributed by atoms with E-state index in [-0.39, 0.29) is 18.2 Å². The van der Waals surface area contributed by atoms with E-state index in [2.05, 4.69) is 4.98 Å². The first-order valence-electron chi connectivity index (χ1n) is 7.04. The standard InChI is InChI=1S/C15H14Cl2N2O3/c16-9-2-1-8(5-10(9)17)15-18-3-4-19(15)11-6-21-14-12(20)7-22-13(11)14/h1-5,11-14,20H,6-7H2/t11-,12+,13+,14+/m0/s1. The largest absolute Gasteiger partial charge is 0.388 e. The molecule has 2 fully saturated rings. The van der Waals surface area contributed by atoms with E-state index in [9.17, 15) is 5.11 Å². The van der Waals surface area contributed by atoms with Crippen molar-refractivity contribution in [2.24, 2.45) is 0 Å². The Kier molecular flexibility index (Phi) is 3.63. The summed E-state index contributed by atoms with van der Waals surface area (Å²) in [4.78, 5) is 4.42. The van der Waals surface area contributed by atoms with E-state index >= 15 is 0 Å². The van der Waals surface area contributed by atoms with E-state index < -0.39 is 6.10 Å². The van der Waals surface area contributed by atoms with E-state index in [1.807, 2.05) is 16.8 Å². The highest BCUT2D eigenvalue weighted by atomic mass is 35.5. The molecule has 2 aliphatic rings. The third-order valence-electron chi connectivity index (χ3n) is 4.20. The topological polar surface area (TPSA) is 56.5 Å². The van der Waals surface area contributed by atoms with Gasteiger partial charge in [-0.25, -0.2) is 4.98 Å². The molecule has 0 aliphatic carbocycles. The molecule has 0 amide bonds. The molecule has 1 aromatic carbocycles. The first-order valence-corrected chi connectivity index (χ1v) is 7.80. The predicted molar refractivity (Wildman–Crippen MR) is 82.2 cm³/mol. The van der Waals surface area contributed by atoms with Crippen LogP contribution in [0, 0.1) is 0 Å². The van der Waals surface area contributed by atoms with Crippen LogP contribution in [0.1, 0.15) is 6.04 Å². The van der Waals surface area contributed by atoms with Crippen LogP contribution >= 0.6 is 23.2 Å². The molecule has 22 heavy (non-hydrogen) atoms. The Bertz CT molecular complexity index is 706. The molecule has 2 aromatic rings. The highest BCUT2D eigenvalue weighted by molar-refractivity contribution is 6.42. The van der Waals surface area contributed by atoms with Gasteiger partial charge in [-0.3, -0.25) is 0 Å². The van der Waals surface area contributed by atoms with Crippen LogP contribution < -0.4 is 0 Å². The van der Waals surface area contributed by atoms with Crippen molar-refractivity contribution in [2.75, 3.05) is 13.2 Å². The summed E-state index contributed by atoms with van der Waals surface area (Å²) in [7, 11) is 0. The minimum atomic E-state index is -0.563. The van der Waals surface area contributed by atoms with E-state index in [1.165, 1.54) is 0 Å². The average Bonchev–Trinajstić information content (AvgIpc) is 3.19. The van der Waals surface area contributed by atoms with Gasteiger partial charge in [0.2, 0.25) is 0 Å². The number of hydrogen-bond donors (Lipinski definition) is 1. The second kappa shape index (κ2) is 5.51. The number of halogens is 2. The first kappa shape index (κ1) is 14.5. The number of fused-ring (bicyclic) bond motifs is 1. The molecule has 4 atom stereocenters. The van der Waals surface area contributed by atoms with Crippen molar-refractivity contribution >= 4 is 23.2 Å². The second-order valence-electron chi connectivity index (χ2n) is 5.52. The summed E-state index contributed by atoms with van der Waals surface area (Å²) in [5.41, 5.74) is 0.876. The Morgan fingerprint density at radius 1 is 1.14 bits per heavy atom. The smallest absolute Gasteiger partial charge is 0.140 e. The molecule has 0 unspecified atom stereocenters. The van der Waals surface area contributed by atoms with Gasteiger partial charge >= 0.3 is 0 Å². The molecule has 0 saturated carbocycles. The molecule has 1 aromatic heterocycles. The quantitative estimate of drug-likeness (QED) is 0.912. The summed E-state index contributed by atoms with van der Waals surface area (Å²) in [5.74, 6) is 0.776. The summed E-state index contributed by atoms with van der Waals surface area (Å²) >= 11 is 12.1. The summed E-state index contributed by atoms with van der Waals surface area (Å²) in [6, 6.07) is 5.40. The zero-order chi connectivity index (χ0) is 15.3. The number of aliphatic hydroxyl groups is 1. The monoisotopic (exact) mass is 340 g/mol. The fraction of sp³-hybridized carbons (Fsp3) is 0.400. The third-order valence-corrected chi connectivity index (χ3v) is 4.94. The molecule has 1 N–H and O–H groups in total. The van der Waals surface area contributed by atoms with E-state index in [4.69, 9.17) is 32.7 Å². The lowest BCUT2D eigenvalue weighted by Crippen LogP contribution is -2.30. The Morgan fingerprint density at radius 2 is 1.95 bits per heavy atom. The normalized spacial score (nSPS) is 30.7. The maximum absolute atomic E-state index is 9.86. The van der Waals surface area contributed by atoms with Crippen LogP contribution in [-0.4, -0.2) is 46.2 Å². The van der Waals surface area contributed by atoms with Gasteiger partial charge in [-0.1, -0.05) is 23.2 Å². The third kappa shape index (κ3) is 2.25. The summed E-state index contributed by atoms with van der Waals surface area (Å²) in [6.07, 6.45) is 2.63. The fourth-order valence-corrected chi connectivity index (χ4v) is 3.43. The van der Waals surface area contributed by atoms with Gasteiger partial charge < -0.3 is 19.1 Å². The molecule has 116 valence electrons. The fourth-order valence-electron chi connectivity index (χ4n) is 3.14. The summed E-state index contributed by atoms with van der Waals surface area (Å²) in [6.45, 7) is 0.791. The molecule has 3 heterocycles. The Balaban J connectivity index is 1.70. The van der Waals surface area contributed by atoms with Crippen LogP contribution in [0.25, 0.3) is 11.4 Å². The van der Waals surface area contributed by atoms with Crippen molar-refractivity contribution in [2.45, 2.75) is 24.4 Å². The number of aromatic nitrogens is 2. The van der Waals surface area contributed by atoms with Gasteiger partial charge in [0.1, 0.15) is 24.1 Å². The lowest BCUT2D eigenvalue weighted by atomic mass is 10.1. The van der Waals surface area contributed by atoms with Crippen LogP contribution in [0.5, 0.6) is 0 Å². The lowest BCUT2D eigenvalue weighted by molar-refractivity contribution is 0.0172. The van der Waals surface area contributed by atoms with Gasteiger partial charge in [0, 0.05) is 18.0 Å². The Hall–Kier alpha value is -1.11. The zero-order valence-corrected chi connectivity index (χ0v) is 13.0. The molecule has 2 saturated heterocycles. The number of benzene rings is 1. The molecular formula is C15H14Cl2N2O3. The lowest BCUT2D eigenvalue weighted by Gasteiger charge is -2.19. The highest BCUT2D eigenvalue weighted by Crippen LogP contribution is 2.37. The number of rotatable bonds is 2. The highest BCUT2D eigenvalue weighted by Gasteiger charge is 2.48. The molecule has 5 nitrogen and oxygen atoms in total. The predicted octanol–water partition coefficient (Wildman–Crippen LogP) is 2.56. The van der Waals surface area contributed by atoms with E-state index in [1.54, 1.807) is 18.3 Å². The van der Waals surface area contributed by atoms with Crippen molar-refractivity contribution in [3.63, 3.8) is 0 Å². The minimum absolute atomic E-state index is 0.0193. The van der Waals surface area contributed by atoms with Crippen LogP contribution in [0.3, 0.4) is 0 Å².